The molecule has 0 aromatic carbocycles. The lowest BCUT2D eigenvalue weighted by Gasteiger charge is -2.67. The SMILES string of the molecule is CCCCCC12CC3CC(CCCC)(CC(CCCC)(C3)C1)C2. The van der Waals surface area contributed by atoms with Crippen LogP contribution in [0.25, 0.3) is 0 Å². The number of hydrogen-bond donors (Lipinski definition) is 0. The van der Waals surface area contributed by atoms with Crippen molar-refractivity contribution in [3.63, 3.8) is 0 Å². The van der Waals surface area contributed by atoms with Gasteiger partial charge < -0.3 is 0 Å². The molecule has 0 aliphatic heterocycles. The van der Waals surface area contributed by atoms with Gasteiger partial charge in [0.05, 0.1) is 0 Å². The Morgan fingerprint density at radius 3 is 1.35 bits per heavy atom. The second-order valence-corrected chi connectivity index (χ2v) is 10.2. The fourth-order valence-corrected chi connectivity index (χ4v) is 7.75. The van der Waals surface area contributed by atoms with Gasteiger partial charge in [-0.05, 0) is 80.0 Å². The minimum atomic E-state index is 0.773. The van der Waals surface area contributed by atoms with E-state index in [0.717, 1.165) is 22.2 Å². The highest BCUT2D eigenvalue weighted by molar-refractivity contribution is 5.12. The van der Waals surface area contributed by atoms with Gasteiger partial charge in [0.15, 0.2) is 0 Å². The first-order valence-corrected chi connectivity index (χ1v) is 11.1. The molecule has 0 radical (unpaired) electrons. The molecule has 0 aromatic rings. The Labute approximate surface area is 146 Å². The first-order chi connectivity index (χ1) is 11.1. The summed E-state index contributed by atoms with van der Waals surface area (Å²) in [7, 11) is 0. The second-order valence-electron chi connectivity index (χ2n) is 10.2. The molecule has 4 bridgehead atoms. The van der Waals surface area contributed by atoms with Gasteiger partial charge in [-0.15, -0.1) is 0 Å². The highest BCUT2D eigenvalue weighted by atomic mass is 14.7. The van der Waals surface area contributed by atoms with E-state index in [2.05, 4.69) is 20.8 Å². The van der Waals surface area contributed by atoms with E-state index in [1.54, 1.807) is 57.8 Å². The van der Waals surface area contributed by atoms with Crippen molar-refractivity contribution in [2.24, 2.45) is 22.2 Å². The Hall–Kier alpha value is 0. The third kappa shape index (κ3) is 3.67. The van der Waals surface area contributed by atoms with Crippen molar-refractivity contribution in [1.82, 2.24) is 0 Å². The van der Waals surface area contributed by atoms with Crippen molar-refractivity contribution in [3.8, 4) is 0 Å². The van der Waals surface area contributed by atoms with Gasteiger partial charge in [-0.25, -0.2) is 0 Å². The standard InChI is InChI=1S/C23H42/c1-4-7-10-13-23-16-20-14-21(18-23,11-8-5-2)17-22(15-20,19-23)12-9-6-3/h20H,4-19H2,1-3H3. The Kier molecular flexibility index (Phi) is 5.49. The average Bonchev–Trinajstić information content (AvgIpc) is 2.50. The van der Waals surface area contributed by atoms with Crippen LogP contribution in [0.5, 0.6) is 0 Å². The Morgan fingerprint density at radius 1 is 0.565 bits per heavy atom. The van der Waals surface area contributed by atoms with E-state index in [1.165, 1.54) is 44.9 Å². The van der Waals surface area contributed by atoms with Crippen LogP contribution in [0.2, 0.25) is 0 Å². The summed E-state index contributed by atoms with van der Waals surface area (Å²) in [5.41, 5.74) is 2.32. The summed E-state index contributed by atoms with van der Waals surface area (Å²) in [6, 6.07) is 0. The first kappa shape index (κ1) is 17.8. The summed E-state index contributed by atoms with van der Waals surface area (Å²) < 4.78 is 0. The van der Waals surface area contributed by atoms with Crippen LogP contribution in [-0.4, -0.2) is 0 Å². The molecular formula is C23H42. The zero-order chi connectivity index (χ0) is 16.4. The minimum Gasteiger partial charge on any atom is -0.0654 e. The smallest absolute Gasteiger partial charge is 0.0284 e. The van der Waals surface area contributed by atoms with Crippen LogP contribution in [0.3, 0.4) is 0 Å². The summed E-state index contributed by atoms with van der Waals surface area (Å²) >= 11 is 0. The molecule has 4 aliphatic rings. The van der Waals surface area contributed by atoms with Gasteiger partial charge in [0, 0.05) is 0 Å². The van der Waals surface area contributed by atoms with Crippen LogP contribution in [0.15, 0.2) is 0 Å². The second kappa shape index (κ2) is 7.09. The Bertz CT molecular complexity index is 357. The fraction of sp³-hybridized carbons (Fsp3) is 1.00. The number of unbranched alkanes of at least 4 members (excludes halogenated alkanes) is 4. The molecule has 4 saturated carbocycles. The van der Waals surface area contributed by atoms with Crippen molar-refractivity contribution in [1.29, 1.82) is 0 Å². The molecule has 0 heterocycles. The van der Waals surface area contributed by atoms with Crippen LogP contribution in [0.4, 0.5) is 0 Å². The van der Waals surface area contributed by atoms with Gasteiger partial charge in [0.1, 0.15) is 0 Å². The molecule has 0 amide bonds. The lowest BCUT2D eigenvalue weighted by Crippen LogP contribution is -2.56. The lowest BCUT2D eigenvalue weighted by molar-refractivity contribution is -0.168. The predicted octanol–water partition coefficient (Wildman–Crippen LogP) is 7.90. The molecule has 2 atom stereocenters. The lowest BCUT2D eigenvalue weighted by atomic mass is 9.37. The van der Waals surface area contributed by atoms with Gasteiger partial charge in [-0.1, -0.05) is 65.7 Å². The largest absolute Gasteiger partial charge is 0.0654 e. The van der Waals surface area contributed by atoms with Crippen LogP contribution in [0.1, 0.15) is 124 Å². The van der Waals surface area contributed by atoms with E-state index in [4.69, 9.17) is 0 Å². The molecule has 0 saturated heterocycles. The monoisotopic (exact) mass is 318 g/mol. The normalized spacial score (nSPS) is 41.6. The molecular weight excluding hydrogens is 276 g/mol. The maximum absolute atomic E-state index is 2.39. The zero-order valence-corrected chi connectivity index (χ0v) is 16.4. The molecule has 4 rings (SSSR count). The molecule has 134 valence electrons. The highest BCUT2D eigenvalue weighted by Gasteiger charge is 2.61. The van der Waals surface area contributed by atoms with E-state index >= 15 is 0 Å². The van der Waals surface area contributed by atoms with E-state index in [0.29, 0.717) is 0 Å². The summed E-state index contributed by atoms with van der Waals surface area (Å²) in [6.45, 7) is 7.15. The summed E-state index contributed by atoms with van der Waals surface area (Å²) in [6.07, 6.45) is 24.5. The van der Waals surface area contributed by atoms with Crippen molar-refractivity contribution < 1.29 is 0 Å². The van der Waals surface area contributed by atoms with Crippen molar-refractivity contribution in [3.05, 3.63) is 0 Å². The van der Waals surface area contributed by atoms with Gasteiger partial charge >= 0.3 is 0 Å². The predicted molar refractivity (Wildman–Crippen MR) is 102 cm³/mol. The molecule has 0 nitrogen and oxygen atoms in total. The maximum atomic E-state index is 2.39. The Balaban J connectivity index is 1.79. The van der Waals surface area contributed by atoms with E-state index in [9.17, 15) is 0 Å². The van der Waals surface area contributed by atoms with Gasteiger partial charge in [-0.3, -0.25) is 0 Å². The number of hydrogen-bond acceptors (Lipinski definition) is 0. The number of rotatable bonds is 10. The zero-order valence-electron chi connectivity index (χ0n) is 16.4. The van der Waals surface area contributed by atoms with Crippen molar-refractivity contribution in [2.75, 3.05) is 0 Å². The molecule has 2 unspecified atom stereocenters. The summed E-state index contributed by atoms with van der Waals surface area (Å²) in [5, 5.41) is 0. The maximum Gasteiger partial charge on any atom is -0.0284 e. The van der Waals surface area contributed by atoms with E-state index < -0.39 is 0 Å². The average molecular weight is 319 g/mol. The first-order valence-electron chi connectivity index (χ1n) is 11.1. The van der Waals surface area contributed by atoms with Gasteiger partial charge in [-0.2, -0.15) is 0 Å². The molecule has 0 spiro atoms. The summed E-state index contributed by atoms with van der Waals surface area (Å²) in [5.74, 6) is 1.10. The van der Waals surface area contributed by atoms with Crippen LogP contribution < -0.4 is 0 Å². The highest BCUT2D eigenvalue weighted by Crippen LogP contribution is 2.73. The third-order valence-electron chi connectivity index (χ3n) is 7.85. The minimum absolute atomic E-state index is 0.773. The Morgan fingerprint density at radius 2 is 0.957 bits per heavy atom. The molecule has 0 heteroatoms. The van der Waals surface area contributed by atoms with Crippen molar-refractivity contribution >= 4 is 0 Å². The van der Waals surface area contributed by atoms with Crippen LogP contribution in [0, 0.1) is 22.2 Å². The molecule has 4 fully saturated rings. The topological polar surface area (TPSA) is 0 Å². The quantitative estimate of drug-likeness (QED) is 0.359. The molecule has 4 aliphatic carbocycles. The van der Waals surface area contributed by atoms with Crippen molar-refractivity contribution in [2.45, 2.75) is 124 Å². The summed E-state index contributed by atoms with van der Waals surface area (Å²) in [4.78, 5) is 0. The van der Waals surface area contributed by atoms with E-state index in [1.807, 2.05) is 0 Å². The third-order valence-corrected chi connectivity index (χ3v) is 7.85. The van der Waals surface area contributed by atoms with Gasteiger partial charge in [0.25, 0.3) is 0 Å². The van der Waals surface area contributed by atoms with Crippen LogP contribution in [-0.2, 0) is 0 Å². The molecule has 0 aromatic heterocycles. The fourth-order valence-electron chi connectivity index (χ4n) is 7.75. The molecule has 0 N–H and O–H groups in total. The van der Waals surface area contributed by atoms with E-state index in [-0.39, 0.29) is 0 Å². The van der Waals surface area contributed by atoms with Crippen LogP contribution >= 0.6 is 0 Å². The van der Waals surface area contributed by atoms with Gasteiger partial charge in [0.2, 0.25) is 0 Å². The molecule has 23 heavy (non-hydrogen) atoms.